The maximum Gasteiger partial charge on any atom is 0.273 e. The minimum Gasteiger partial charge on any atom is -0.504 e. The average molecular weight is 438 g/mol. The van der Waals surface area contributed by atoms with Crippen LogP contribution >= 0.6 is 0 Å². The van der Waals surface area contributed by atoms with E-state index in [2.05, 4.69) is 9.47 Å². The number of phenols is 1. The van der Waals surface area contributed by atoms with Crippen molar-refractivity contribution < 1.29 is 19.7 Å². The Balaban J connectivity index is 1.80. The third kappa shape index (κ3) is 4.00. The summed E-state index contributed by atoms with van der Waals surface area (Å²) in [7, 11) is 1.34. The second-order valence-corrected chi connectivity index (χ2v) is 7.62. The number of aromatic hydroxyl groups is 1. The molecule has 0 fully saturated rings. The number of nitro benzene ring substituents is 2. The van der Waals surface area contributed by atoms with Crippen molar-refractivity contribution in [1.29, 1.82) is 0 Å². The predicted molar refractivity (Wildman–Crippen MR) is 116 cm³/mol. The molecule has 0 bridgehead atoms. The van der Waals surface area contributed by atoms with Crippen LogP contribution in [0.3, 0.4) is 0 Å². The maximum atomic E-state index is 11.4. The first-order chi connectivity index (χ1) is 15.4. The molecule has 166 valence electrons. The van der Waals surface area contributed by atoms with Crippen LogP contribution < -0.4 is 4.74 Å². The molecule has 0 unspecified atom stereocenters. The SMILES string of the molecule is COc1cc([N+](=O)[O-])cc(CN2CCCn3cccc3[C@H]2c2cccc([N+](=O)[O-])c2)c1O. The first-order valence-electron chi connectivity index (χ1n) is 10.1. The summed E-state index contributed by atoms with van der Waals surface area (Å²) < 4.78 is 7.24. The van der Waals surface area contributed by atoms with Gasteiger partial charge in [-0.05, 0) is 24.1 Å². The molecule has 1 aliphatic heterocycles. The molecule has 2 heterocycles. The Bertz CT molecular complexity index is 1170. The maximum absolute atomic E-state index is 11.4. The summed E-state index contributed by atoms with van der Waals surface area (Å²) in [6.45, 7) is 1.59. The summed E-state index contributed by atoms with van der Waals surface area (Å²) in [5.41, 5.74) is 1.86. The van der Waals surface area contributed by atoms with Gasteiger partial charge in [0.15, 0.2) is 11.5 Å². The second-order valence-electron chi connectivity index (χ2n) is 7.62. The number of methoxy groups -OCH3 is 1. The lowest BCUT2D eigenvalue weighted by Crippen LogP contribution is -2.29. The molecule has 0 radical (unpaired) electrons. The molecule has 4 rings (SSSR count). The Hall–Kier alpha value is -3.92. The van der Waals surface area contributed by atoms with Gasteiger partial charge >= 0.3 is 0 Å². The van der Waals surface area contributed by atoms with E-state index in [4.69, 9.17) is 4.74 Å². The third-order valence-electron chi connectivity index (χ3n) is 5.69. The Kier molecular flexibility index (Phi) is 5.78. The molecule has 10 nitrogen and oxygen atoms in total. The van der Waals surface area contributed by atoms with E-state index in [0.29, 0.717) is 12.1 Å². The fourth-order valence-corrected chi connectivity index (χ4v) is 4.25. The van der Waals surface area contributed by atoms with Crippen molar-refractivity contribution in [3.63, 3.8) is 0 Å². The summed E-state index contributed by atoms with van der Waals surface area (Å²) in [6.07, 6.45) is 2.77. The topological polar surface area (TPSA) is 124 Å². The monoisotopic (exact) mass is 438 g/mol. The van der Waals surface area contributed by atoms with Crippen LogP contribution in [0.25, 0.3) is 0 Å². The summed E-state index contributed by atoms with van der Waals surface area (Å²) in [6, 6.07) is 12.6. The highest BCUT2D eigenvalue weighted by molar-refractivity contribution is 5.53. The van der Waals surface area contributed by atoms with Gasteiger partial charge in [-0.1, -0.05) is 12.1 Å². The fourth-order valence-electron chi connectivity index (χ4n) is 4.25. The zero-order valence-corrected chi connectivity index (χ0v) is 17.4. The molecule has 3 aromatic rings. The number of fused-ring (bicyclic) bond motifs is 1. The number of non-ortho nitro benzene ring substituents is 2. The van der Waals surface area contributed by atoms with Crippen LogP contribution in [0.5, 0.6) is 11.5 Å². The zero-order chi connectivity index (χ0) is 22.8. The molecule has 0 saturated heterocycles. The lowest BCUT2D eigenvalue weighted by atomic mass is 10.00. The highest BCUT2D eigenvalue weighted by Gasteiger charge is 2.30. The lowest BCUT2D eigenvalue weighted by molar-refractivity contribution is -0.385. The van der Waals surface area contributed by atoms with Gasteiger partial charge in [-0.3, -0.25) is 25.1 Å². The van der Waals surface area contributed by atoms with E-state index < -0.39 is 9.85 Å². The van der Waals surface area contributed by atoms with E-state index in [9.17, 15) is 25.3 Å². The zero-order valence-electron chi connectivity index (χ0n) is 17.4. The van der Waals surface area contributed by atoms with Gasteiger partial charge in [-0.2, -0.15) is 0 Å². The van der Waals surface area contributed by atoms with Crippen molar-refractivity contribution in [1.82, 2.24) is 9.47 Å². The van der Waals surface area contributed by atoms with Crippen LogP contribution in [-0.2, 0) is 13.1 Å². The van der Waals surface area contributed by atoms with Gasteiger partial charge in [-0.25, -0.2) is 0 Å². The van der Waals surface area contributed by atoms with Crippen LogP contribution in [0, 0.1) is 20.2 Å². The fraction of sp³-hybridized carbons (Fsp3) is 0.273. The molecule has 0 amide bonds. The number of aryl methyl sites for hydroxylation is 1. The second kappa shape index (κ2) is 8.67. The minimum absolute atomic E-state index is 0.00957. The summed E-state index contributed by atoms with van der Waals surface area (Å²) in [4.78, 5) is 23.9. The van der Waals surface area contributed by atoms with Crippen LogP contribution in [0.15, 0.2) is 54.7 Å². The standard InChI is InChI=1S/C22H22N4O6/c1-32-20-13-18(26(30)31)12-16(22(20)27)14-24-10-4-9-23-8-3-7-19(23)21(24)15-5-2-6-17(11-15)25(28)29/h2-3,5-8,11-13,21,27H,4,9-10,14H2,1H3/t21-/m1/s1. The van der Waals surface area contributed by atoms with E-state index in [-0.39, 0.29) is 35.5 Å². The Labute approximate surface area is 183 Å². The largest absolute Gasteiger partial charge is 0.504 e. The van der Waals surface area contributed by atoms with Gasteiger partial charge in [0, 0.05) is 55.3 Å². The molecule has 0 spiro atoms. The van der Waals surface area contributed by atoms with Gasteiger partial charge in [0.05, 0.1) is 29.1 Å². The van der Waals surface area contributed by atoms with Crippen molar-refractivity contribution in [3.8, 4) is 11.5 Å². The van der Waals surface area contributed by atoms with Gasteiger partial charge in [0.25, 0.3) is 11.4 Å². The first-order valence-corrected chi connectivity index (χ1v) is 10.1. The Morgan fingerprint density at radius 3 is 2.56 bits per heavy atom. The van der Waals surface area contributed by atoms with Gasteiger partial charge in [-0.15, -0.1) is 0 Å². The molecular weight excluding hydrogens is 416 g/mol. The normalized spacial score (nSPS) is 16.2. The van der Waals surface area contributed by atoms with Crippen molar-refractivity contribution in [2.75, 3.05) is 13.7 Å². The van der Waals surface area contributed by atoms with Gasteiger partial charge in [0.1, 0.15) is 0 Å². The summed E-state index contributed by atoms with van der Waals surface area (Å²) >= 11 is 0. The lowest BCUT2D eigenvalue weighted by Gasteiger charge is -2.31. The predicted octanol–water partition coefficient (Wildman–Crippen LogP) is 4.01. The third-order valence-corrected chi connectivity index (χ3v) is 5.69. The molecule has 1 atom stereocenters. The van der Waals surface area contributed by atoms with Crippen molar-refractivity contribution in [2.24, 2.45) is 0 Å². The number of nitro groups is 2. The molecule has 0 saturated carbocycles. The number of ether oxygens (including phenoxy) is 1. The molecule has 10 heteroatoms. The highest BCUT2D eigenvalue weighted by atomic mass is 16.6. The van der Waals surface area contributed by atoms with Gasteiger partial charge < -0.3 is 14.4 Å². The number of benzene rings is 2. The molecule has 1 aromatic heterocycles. The van der Waals surface area contributed by atoms with Crippen LogP contribution in [0.1, 0.15) is 29.3 Å². The quantitative estimate of drug-likeness (QED) is 0.455. The average Bonchev–Trinajstić information content (AvgIpc) is 3.16. The Morgan fingerprint density at radius 1 is 1.06 bits per heavy atom. The molecule has 2 aromatic carbocycles. The van der Waals surface area contributed by atoms with Crippen LogP contribution in [-0.4, -0.2) is 38.1 Å². The smallest absolute Gasteiger partial charge is 0.273 e. The number of rotatable bonds is 6. The van der Waals surface area contributed by atoms with E-state index in [1.807, 2.05) is 24.4 Å². The van der Waals surface area contributed by atoms with E-state index in [1.54, 1.807) is 12.1 Å². The molecule has 32 heavy (non-hydrogen) atoms. The van der Waals surface area contributed by atoms with Gasteiger partial charge in [0.2, 0.25) is 0 Å². The van der Waals surface area contributed by atoms with E-state index >= 15 is 0 Å². The van der Waals surface area contributed by atoms with Crippen molar-refractivity contribution in [2.45, 2.75) is 25.6 Å². The van der Waals surface area contributed by atoms with Crippen molar-refractivity contribution in [3.05, 3.63) is 91.8 Å². The van der Waals surface area contributed by atoms with Crippen LogP contribution in [0.2, 0.25) is 0 Å². The first kappa shape index (κ1) is 21.3. The molecule has 0 aliphatic carbocycles. The van der Waals surface area contributed by atoms with Crippen molar-refractivity contribution >= 4 is 11.4 Å². The highest BCUT2D eigenvalue weighted by Crippen LogP contribution is 2.39. The number of nitrogens with zero attached hydrogens (tertiary/aromatic N) is 4. The summed E-state index contributed by atoms with van der Waals surface area (Å²) in [5.74, 6) is -0.130. The minimum atomic E-state index is -0.531. The van der Waals surface area contributed by atoms with E-state index in [0.717, 1.165) is 24.2 Å². The number of hydrogen-bond donors (Lipinski definition) is 1. The summed E-state index contributed by atoms with van der Waals surface area (Å²) in [5, 5.41) is 33.4. The van der Waals surface area contributed by atoms with E-state index in [1.165, 1.54) is 25.3 Å². The number of hydrogen-bond acceptors (Lipinski definition) is 7. The number of phenolic OH excluding ortho intramolecular Hbond substituents is 1. The Morgan fingerprint density at radius 2 is 1.84 bits per heavy atom. The molecular formula is C22H22N4O6. The van der Waals surface area contributed by atoms with Crippen LogP contribution in [0.4, 0.5) is 11.4 Å². The number of aromatic nitrogens is 1. The molecule has 1 N–H and O–H groups in total. The molecule has 1 aliphatic rings.